The average Bonchev–Trinajstić information content (AvgIpc) is 3.30. The van der Waals surface area contributed by atoms with Crippen LogP contribution in [0.5, 0.6) is 17.2 Å². The summed E-state index contributed by atoms with van der Waals surface area (Å²) in [6.45, 7) is 2.81. The Kier molecular flexibility index (Phi) is 10.6. The Hall–Kier alpha value is -4.28. The standard InChI is InChI=1S/C36H42ClN3O7/c1-22(41)39-28-13-7-23-20-31(45-2)34(46-3)35(47-4)33(23)26-12-14-29(30(42)21-27(26)28)38-17-5-6-32(43)40-18-15-36(44,16-19-40)24-8-10-25(37)11-9-24/h8-12,14,20-21,28,44H,5-7,13,15-19H2,1-4H3,(H,38,42)(H,39,41)/t28-/m1/s1. The molecule has 47 heavy (non-hydrogen) atoms. The molecule has 0 unspecified atom stereocenters. The highest BCUT2D eigenvalue weighted by atomic mass is 35.5. The van der Waals surface area contributed by atoms with Gasteiger partial charge in [-0.15, -0.1) is 0 Å². The number of nitrogens with one attached hydrogen (secondary N) is 2. The van der Waals surface area contributed by atoms with Gasteiger partial charge in [0.05, 0.1) is 38.7 Å². The fourth-order valence-electron chi connectivity index (χ4n) is 6.65. The van der Waals surface area contributed by atoms with Crippen LogP contribution < -0.4 is 30.3 Å². The zero-order chi connectivity index (χ0) is 33.7. The van der Waals surface area contributed by atoms with Crippen LogP contribution in [0.2, 0.25) is 5.02 Å². The maximum atomic E-state index is 13.5. The highest BCUT2D eigenvalue weighted by molar-refractivity contribution is 6.30. The zero-order valence-corrected chi connectivity index (χ0v) is 28.0. The van der Waals surface area contributed by atoms with Crippen molar-refractivity contribution in [3.63, 3.8) is 0 Å². The van der Waals surface area contributed by atoms with Gasteiger partial charge in [0.25, 0.3) is 0 Å². The second kappa shape index (κ2) is 14.6. The molecule has 0 bridgehead atoms. The van der Waals surface area contributed by atoms with E-state index in [9.17, 15) is 19.5 Å². The number of aryl methyl sites for hydroxylation is 1. The summed E-state index contributed by atoms with van der Waals surface area (Å²) in [7, 11) is 4.68. The quantitative estimate of drug-likeness (QED) is 0.252. The van der Waals surface area contributed by atoms with Crippen LogP contribution in [0.4, 0.5) is 5.69 Å². The van der Waals surface area contributed by atoms with E-state index >= 15 is 0 Å². The average molecular weight is 664 g/mol. The first-order valence-electron chi connectivity index (χ1n) is 15.9. The predicted molar refractivity (Wildman–Crippen MR) is 182 cm³/mol. The number of rotatable bonds is 10. The molecular formula is C36H42ClN3O7. The maximum Gasteiger partial charge on any atom is 0.222 e. The molecule has 250 valence electrons. The summed E-state index contributed by atoms with van der Waals surface area (Å²) in [5.74, 6) is 1.29. The van der Waals surface area contributed by atoms with Gasteiger partial charge < -0.3 is 34.9 Å². The fourth-order valence-corrected chi connectivity index (χ4v) is 6.78. The second-order valence-corrected chi connectivity index (χ2v) is 12.5. The molecule has 1 aliphatic heterocycles. The smallest absolute Gasteiger partial charge is 0.222 e. The third-order valence-corrected chi connectivity index (χ3v) is 9.38. The molecule has 0 spiro atoms. The van der Waals surface area contributed by atoms with Crippen molar-refractivity contribution < 1.29 is 28.9 Å². The van der Waals surface area contributed by atoms with Gasteiger partial charge in [-0.1, -0.05) is 29.8 Å². The van der Waals surface area contributed by atoms with Gasteiger partial charge in [0.15, 0.2) is 11.5 Å². The van der Waals surface area contributed by atoms with E-state index in [4.69, 9.17) is 25.8 Å². The van der Waals surface area contributed by atoms with Crippen molar-refractivity contribution in [2.24, 2.45) is 0 Å². The van der Waals surface area contributed by atoms with Crippen LogP contribution in [0, 0.1) is 0 Å². The first-order chi connectivity index (χ1) is 22.6. The van der Waals surface area contributed by atoms with Crippen LogP contribution in [0.25, 0.3) is 11.1 Å². The number of ether oxygens (including phenoxy) is 3. The van der Waals surface area contributed by atoms with Crippen molar-refractivity contribution in [1.29, 1.82) is 0 Å². The lowest BCUT2D eigenvalue weighted by Gasteiger charge is -2.38. The SMILES string of the molecule is COc1cc2c(c(OC)c1OC)-c1ccc(NCCCC(=O)N3CCC(O)(c4ccc(Cl)cc4)CC3)c(=O)cc1[C@H](NC(C)=O)CC2. The molecule has 0 aromatic heterocycles. The molecular weight excluding hydrogens is 622 g/mol. The van der Waals surface area contributed by atoms with Gasteiger partial charge >= 0.3 is 0 Å². The van der Waals surface area contributed by atoms with Crippen molar-refractivity contribution in [3.05, 3.63) is 80.5 Å². The minimum atomic E-state index is -0.977. The molecule has 1 aliphatic carbocycles. The predicted octanol–water partition coefficient (Wildman–Crippen LogP) is 5.22. The summed E-state index contributed by atoms with van der Waals surface area (Å²) in [6, 6.07) is 13.9. The molecule has 1 fully saturated rings. The lowest BCUT2D eigenvalue weighted by atomic mass is 9.84. The van der Waals surface area contributed by atoms with Gasteiger partial charge in [0, 0.05) is 43.6 Å². The number of carbonyl (C=O) groups excluding carboxylic acids is 2. The van der Waals surface area contributed by atoms with E-state index in [2.05, 4.69) is 10.6 Å². The zero-order valence-electron chi connectivity index (χ0n) is 27.3. The summed E-state index contributed by atoms with van der Waals surface area (Å²) < 4.78 is 17.1. The van der Waals surface area contributed by atoms with Gasteiger partial charge in [-0.05, 0) is 84.7 Å². The Balaban J connectivity index is 1.31. The minimum Gasteiger partial charge on any atom is -0.493 e. The second-order valence-electron chi connectivity index (χ2n) is 12.0. The molecule has 2 amide bonds. The summed E-state index contributed by atoms with van der Waals surface area (Å²) in [4.78, 5) is 40.5. The number of anilines is 1. The number of halogens is 1. The van der Waals surface area contributed by atoms with E-state index < -0.39 is 11.6 Å². The number of amides is 2. The van der Waals surface area contributed by atoms with Crippen molar-refractivity contribution in [2.75, 3.05) is 46.3 Å². The van der Waals surface area contributed by atoms with Gasteiger partial charge in [-0.3, -0.25) is 14.4 Å². The van der Waals surface area contributed by atoms with Crippen LogP contribution in [-0.2, 0) is 21.6 Å². The number of hydrogen-bond acceptors (Lipinski definition) is 8. The van der Waals surface area contributed by atoms with E-state index in [1.807, 2.05) is 24.3 Å². The van der Waals surface area contributed by atoms with Gasteiger partial charge in [0.1, 0.15) is 0 Å². The summed E-state index contributed by atoms with van der Waals surface area (Å²) >= 11 is 6.00. The number of carbonyl (C=O) groups is 2. The third kappa shape index (κ3) is 7.34. The molecule has 1 saturated heterocycles. The van der Waals surface area contributed by atoms with Crippen LogP contribution in [0.15, 0.2) is 53.3 Å². The summed E-state index contributed by atoms with van der Waals surface area (Å²) in [5.41, 5.74) is 3.15. The van der Waals surface area contributed by atoms with E-state index in [0.29, 0.717) is 91.7 Å². The number of hydrogen-bond donors (Lipinski definition) is 3. The highest BCUT2D eigenvalue weighted by Gasteiger charge is 2.35. The molecule has 10 nitrogen and oxygen atoms in total. The Bertz CT molecular complexity index is 1690. The monoisotopic (exact) mass is 663 g/mol. The molecule has 3 aromatic carbocycles. The van der Waals surface area contributed by atoms with Gasteiger partial charge in [0.2, 0.25) is 23.0 Å². The molecule has 11 heteroatoms. The number of nitrogens with zero attached hydrogens (tertiary/aromatic N) is 1. The van der Waals surface area contributed by atoms with Crippen LogP contribution in [-0.4, -0.2) is 62.8 Å². The van der Waals surface area contributed by atoms with Crippen LogP contribution in [0.1, 0.15) is 61.8 Å². The molecule has 1 heterocycles. The number of fused-ring (bicyclic) bond motifs is 3. The Labute approximate surface area is 280 Å². The molecule has 2 aliphatic rings. The molecule has 3 aromatic rings. The van der Waals surface area contributed by atoms with E-state index in [0.717, 1.165) is 22.3 Å². The maximum absolute atomic E-state index is 13.5. The molecule has 5 rings (SSSR count). The number of benzene rings is 2. The van der Waals surface area contributed by atoms with Crippen LogP contribution in [0.3, 0.4) is 0 Å². The topological polar surface area (TPSA) is 126 Å². The van der Waals surface area contributed by atoms with E-state index in [1.54, 1.807) is 50.5 Å². The lowest BCUT2D eigenvalue weighted by Crippen LogP contribution is -2.45. The van der Waals surface area contributed by atoms with E-state index in [1.165, 1.54) is 6.92 Å². The summed E-state index contributed by atoms with van der Waals surface area (Å²) in [5, 5.41) is 18.0. The number of methoxy groups -OCH3 is 3. The van der Waals surface area contributed by atoms with Crippen molar-refractivity contribution >= 4 is 29.1 Å². The Morgan fingerprint density at radius 1 is 1.00 bits per heavy atom. The first-order valence-corrected chi connectivity index (χ1v) is 16.2. The first kappa shape index (κ1) is 34.1. The molecule has 0 radical (unpaired) electrons. The largest absolute Gasteiger partial charge is 0.493 e. The Morgan fingerprint density at radius 3 is 2.34 bits per heavy atom. The summed E-state index contributed by atoms with van der Waals surface area (Å²) in [6.07, 6.45) is 2.93. The van der Waals surface area contributed by atoms with Crippen molar-refractivity contribution in [2.45, 2.75) is 57.1 Å². The normalized spacial score (nSPS) is 16.6. The third-order valence-electron chi connectivity index (χ3n) is 9.12. The van der Waals surface area contributed by atoms with E-state index in [-0.39, 0.29) is 17.2 Å². The minimum absolute atomic E-state index is 0.0175. The van der Waals surface area contributed by atoms with Gasteiger partial charge in [-0.25, -0.2) is 0 Å². The molecule has 3 N–H and O–H groups in total. The number of aliphatic hydroxyl groups is 1. The van der Waals surface area contributed by atoms with Gasteiger partial charge in [-0.2, -0.15) is 0 Å². The highest BCUT2D eigenvalue weighted by Crippen LogP contribution is 2.50. The van der Waals surface area contributed by atoms with Crippen molar-refractivity contribution in [3.8, 4) is 28.4 Å². The number of piperidine rings is 1. The van der Waals surface area contributed by atoms with Crippen molar-refractivity contribution in [1.82, 2.24) is 10.2 Å². The number of likely N-dealkylation sites (tertiary alicyclic amines) is 1. The molecule has 1 atom stereocenters. The lowest BCUT2D eigenvalue weighted by molar-refractivity contribution is -0.135. The Morgan fingerprint density at radius 2 is 1.70 bits per heavy atom. The van der Waals surface area contributed by atoms with Crippen LogP contribution >= 0.6 is 11.6 Å². The fraction of sp³-hybridized carbons (Fsp3) is 0.417. The molecule has 0 saturated carbocycles.